The van der Waals surface area contributed by atoms with Gasteiger partial charge in [0.05, 0.1) is 0 Å². The van der Waals surface area contributed by atoms with E-state index in [2.05, 4.69) is 10.6 Å². The first kappa shape index (κ1) is 16.3. The van der Waals surface area contributed by atoms with Crippen molar-refractivity contribution in [2.75, 3.05) is 6.54 Å². The van der Waals surface area contributed by atoms with E-state index in [0.717, 1.165) is 11.1 Å². The Balaban J connectivity index is 2.27. The Morgan fingerprint density at radius 3 is 2.45 bits per heavy atom. The lowest BCUT2D eigenvalue weighted by Crippen LogP contribution is -2.57. The first-order valence-corrected chi connectivity index (χ1v) is 7.75. The number of nitrogens with one attached hydrogen (secondary N) is 2. The molecular weight excluding hydrogens is 278 g/mol. The summed E-state index contributed by atoms with van der Waals surface area (Å²) in [6, 6.07) is 7.32. The Hall–Kier alpha value is -2.04. The number of hydrogen-bond donors (Lipinski definition) is 2. The van der Waals surface area contributed by atoms with Crippen molar-refractivity contribution in [3.05, 3.63) is 35.4 Å². The monoisotopic (exact) mass is 303 g/mol. The molecule has 22 heavy (non-hydrogen) atoms. The van der Waals surface area contributed by atoms with Gasteiger partial charge in [-0.25, -0.2) is 4.79 Å². The summed E-state index contributed by atoms with van der Waals surface area (Å²) in [6.07, 6.45) is 0.551. The molecule has 0 saturated carbocycles. The second-order valence-corrected chi connectivity index (χ2v) is 6.69. The van der Waals surface area contributed by atoms with Gasteiger partial charge >= 0.3 is 6.03 Å². The van der Waals surface area contributed by atoms with E-state index in [0.29, 0.717) is 19.5 Å². The molecule has 1 aromatic carbocycles. The number of benzene rings is 1. The molecule has 0 bridgehead atoms. The SMILES string of the molecule is CCNC(=O)N1Cc2ccccc2CC1C(=O)NC(C)(C)C. The number of carbonyl (C=O) groups is 2. The maximum Gasteiger partial charge on any atom is 0.318 e. The zero-order chi connectivity index (χ0) is 16.3. The Kier molecular flexibility index (Phi) is 4.74. The van der Waals surface area contributed by atoms with E-state index in [9.17, 15) is 9.59 Å². The fraction of sp³-hybridized carbons (Fsp3) is 0.529. The number of nitrogens with zero attached hydrogens (tertiary/aromatic N) is 1. The molecule has 0 radical (unpaired) electrons. The van der Waals surface area contributed by atoms with Crippen molar-refractivity contribution >= 4 is 11.9 Å². The van der Waals surface area contributed by atoms with Crippen molar-refractivity contribution in [2.45, 2.75) is 52.2 Å². The molecule has 2 N–H and O–H groups in total. The third-order valence-electron chi connectivity index (χ3n) is 3.64. The van der Waals surface area contributed by atoms with Gasteiger partial charge in [-0.1, -0.05) is 24.3 Å². The summed E-state index contributed by atoms with van der Waals surface area (Å²) in [6.45, 7) is 8.71. The fourth-order valence-electron chi connectivity index (χ4n) is 2.68. The van der Waals surface area contributed by atoms with Crippen molar-refractivity contribution in [3.8, 4) is 0 Å². The summed E-state index contributed by atoms with van der Waals surface area (Å²) in [5, 5.41) is 5.79. The predicted molar refractivity (Wildman–Crippen MR) is 86.4 cm³/mol. The minimum absolute atomic E-state index is 0.103. The second-order valence-electron chi connectivity index (χ2n) is 6.69. The van der Waals surface area contributed by atoms with Gasteiger partial charge in [0.15, 0.2) is 0 Å². The quantitative estimate of drug-likeness (QED) is 0.878. The highest BCUT2D eigenvalue weighted by Gasteiger charge is 2.35. The predicted octanol–water partition coefficient (Wildman–Crippen LogP) is 2.06. The van der Waals surface area contributed by atoms with E-state index in [1.807, 2.05) is 52.0 Å². The van der Waals surface area contributed by atoms with Gasteiger partial charge in [-0.15, -0.1) is 0 Å². The molecule has 1 aliphatic heterocycles. The van der Waals surface area contributed by atoms with Crippen molar-refractivity contribution in [2.24, 2.45) is 0 Å². The Morgan fingerprint density at radius 1 is 1.23 bits per heavy atom. The lowest BCUT2D eigenvalue weighted by Gasteiger charge is -2.37. The lowest BCUT2D eigenvalue weighted by molar-refractivity contribution is -0.127. The average Bonchev–Trinajstić information content (AvgIpc) is 2.44. The zero-order valence-electron chi connectivity index (χ0n) is 13.8. The molecule has 2 rings (SSSR count). The molecule has 5 nitrogen and oxygen atoms in total. The first-order chi connectivity index (χ1) is 10.3. The first-order valence-electron chi connectivity index (χ1n) is 7.75. The molecule has 5 heteroatoms. The van der Waals surface area contributed by atoms with Crippen LogP contribution in [0.3, 0.4) is 0 Å². The van der Waals surface area contributed by atoms with Gasteiger partial charge in [0.1, 0.15) is 6.04 Å². The maximum absolute atomic E-state index is 12.6. The molecule has 1 atom stereocenters. The van der Waals surface area contributed by atoms with E-state index < -0.39 is 6.04 Å². The summed E-state index contributed by atoms with van der Waals surface area (Å²) >= 11 is 0. The van der Waals surface area contributed by atoms with Crippen LogP contribution in [0, 0.1) is 0 Å². The molecule has 0 spiro atoms. The van der Waals surface area contributed by atoms with E-state index in [4.69, 9.17) is 0 Å². The van der Waals surface area contributed by atoms with E-state index in [1.165, 1.54) is 0 Å². The van der Waals surface area contributed by atoms with Gasteiger partial charge in [-0.3, -0.25) is 4.79 Å². The van der Waals surface area contributed by atoms with E-state index in [1.54, 1.807) is 4.90 Å². The van der Waals surface area contributed by atoms with Crippen LogP contribution in [0.4, 0.5) is 4.79 Å². The molecule has 3 amide bonds. The van der Waals surface area contributed by atoms with Crippen LogP contribution in [0.5, 0.6) is 0 Å². The summed E-state index contributed by atoms with van der Waals surface area (Å²) in [4.78, 5) is 26.6. The van der Waals surface area contributed by atoms with Crippen molar-refractivity contribution in [3.63, 3.8) is 0 Å². The van der Waals surface area contributed by atoms with E-state index >= 15 is 0 Å². The number of amides is 3. The zero-order valence-corrected chi connectivity index (χ0v) is 13.8. The summed E-state index contributed by atoms with van der Waals surface area (Å²) < 4.78 is 0. The van der Waals surface area contributed by atoms with Gasteiger partial charge in [0, 0.05) is 25.0 Å². The lowest BCUT2D eigenvalue weighted by atomic mass is 9.93. The molecule has 120 valence electrons. The molecule has 1 aromatic rings. The molecule has 1 heterocycles. The molecular formula is C17H25N3O2. The van der Waals surface area contributed by atoms with Crippen LogP contribution in [0.2, 0.25) is 0 Å². The summed E-state index contributed by atoms with van der Waals surface area (Å²) in [7, 11) is 0. The smallest absolute Gasteiger partial charge is 0.318 e. The van der Waals surface area contributed by atoms with Gasteiger partial charge < -0.3 is 15.5 Å². The maximum atomic E-state index is 12.6. The molecule has 0 fully saturated rings. The standard InChI is InChI=1S/C17H25N3O2/c1-5-18-16(22)20-11-13-9-7-6-8-12(13)10-14(20)15(21)19-17(2,3)4/h6-9,14H,5,10-11H2,1-4H3,(H,18,22)(H,19,21). The molecule has 0 aliphatic carbocycles. The van der Waals surface area contributed by atoms with Crippen molar-refractivity contribution in [1.82, 2.24) is 15.5 Å². The highest BCUT2D eigenvalue weighted by Crippen LogP contribution is 2.24. The van der Waals surface area contributed by atoms with Crippen LogP contribution in [-0.4, -0.2) is 35.0 Å². The molecule has 0 saturated heterocycles. The summed E-state index contributed by atoms with van der Waals surface area (Å²) in [5.74, 6) is -0.103. The van der Waals surface area contributed by atoms with Crippen LogP contribution < -0.4 is 10.6 Å². The van der Waals surface area contributed by atoms with Gasteiger partial charge in [-0.05, 0) is 38.8 Å². The number of carbonyl (C=O) groups excluding carboxylic acids is 2. The van der Waals surface area contributed by atoms with Crippen LogP contribution in [0.15, 0.2) is 24.3 Å². The van der Waals surface area contributed by atoms with Gasteiger partial charge in [0.25, 0.3) is 0 Å². The highest BCUT2D eigenvalue weighted by atomic mass is 16.2. The normalized spacial score (nSPS) is 17.6. The summed E-state index contributed by atoms with van der Waals surface area (Å²) in [5.41, 5.74) is 1.92. The Bertz CT molecular complexity index is 563. The second kappa shape index (κ2) is 6.38. The van der Waals surface area contributed by atoms with Crippen molar-refractivity contribution < 1.29 is 9.59 Å². The largest absolute Gasteiger partial charge is 0.350 e. The Morgan fingerprint density at radius 2 is 1.86 bits per heavy atom. The van der Waals surface area contributed by atoms with Gasteiger partial charge in [-0.2, -0.15) is 0 Å². The highest BCUT2D eigenvalue weighted by molar-refractivity contribution is 5.88. The number of fused-ring (bicyclic) bond motifs is 1. The number of rotatable bonds is 2. The molecule has 1 unspecified atom stereocenters. The molecule has 1 aliphatic rings. The average molecular weight is 303 g/mol. The minimum atomic E-state index is -0.472. The third kappa shape index (κ3) is 3.78. The number of urea groups is 1. The minimum Gasteiger partial charge on any atom is -0.350 e. The van der Waals surface area contributed by atoms with Crippen LogP contribution in [0.25, 0.3) is 0 Å². The van der Waals surface area contributed by atoms with Crippen LogP contribution in [0.1, 0.15) is 38.8 Å². The fourth-order valence-corrected chi connectivity index (χ4v) is 2.68. The topological polar surface area (TPSA) is 61.4 Å². The van der Waals surface area contributed by atoms with Gasteiger partial charge in [0.2, 0.25) is 5.91 Å². The Labute approximate surface area is 132 Å². The van der Waals surface area contributed by atoms with E-state index in [-0.39, 0.29) is 17.5 Å². The van der Waals surface area contributed by atoms with Crippen LogP contribution in [-0.2, 0) is 17.8 Å². The van der Waals surface area contributed by atoms with Crippen LogP contribution >= 0.6 is 0 Å². The number of hydrogen-bond acceptors (Lipinski definition) is 2. The molecule has 0 aromatic heterocycles. The van der Waals surface area contributed by atoms with Crippen molar-refractivity contribution in [1.29, 1.82) is 0 Å². The third-order valence-corrected chi connectivity index (χ3v) is 3.64.